The van der Waals surface area contributed by atoms with Crippen molar-refractivity contribution in [2.75, 3.05) is 5.75 Å². The van der Waals surface area contributed by atoms with Crippen molar-refractivity contribution in [3.8, 4) is 0 Å². The van der Waals surface area contributed by atoms with Crippen LogP contribution in [0.2, 0.25) is 5.02 Å². The quantitative estimate of drug-likeness (QED) is 0.776. The van der Waals surface area contributed by atoms with E-state index in [1.165, 1.54) is 6.07 Å². The molecule has 0 heterocycles. The van der Waals surface area contributed by atoms with Crippen LogP contribution >= 0.6 is 23.4 Å². The number of ketones is 1. The average molecular weight is 275 g/mol. The third-order valence-electron chi connectivity index (χ3n) is 2.54. The summed E-state index contributed by atoms with van der Waals surface area (Å²) in [6.45, 7) is 4.16. The fraction of sp³-hybridized carbons (Fsp3) is 0.462. The fourth-order valence-corrected chi connectivity index (χ4v) is 2.34. The van der Waals surface area contributed by atoms with Crippen LogP contribution in [-0.2, 0) is 11.2 Å². The van der Waals surface area contributed by atoms with Crippen molar-refractivity contribution in [2.45, 2.75) is 31.9 Å². The highest BCUT2D eigenvalue weighted by atomic mass is 35.5. The summed E-state index contributed by atoms with van der Waals surface area (Å²) in [6, 6.07) is 4.48. The van der Waals surface area contributed by atoms with Gasteiger partial charge in [-0.3, -0.25) is 4.79 Å². The van der Waals surface area contributed by atoms with E-state index in [9.17, 15) is 9.18 Å². The lowest BCUT2D eigenvalue weighted by molar-refractivity contribution is -0.116. The molecular formula is C13H16ClFOS. The SMILES string of the molecule is CCC(C)SCC(=O)Cc1c(F)cccc1Cl. The van der Waals surface area contributed by atoms with Gasteiger partial charge >= 0.3 is 0 Å². The lowest BCUT2D eigenvalue weighted by Gasteiger charge is -2.08. The minimum atomic E-state index is -0.403. The van der Waals surface area contributed by atoms with Crippen molar-refractivity contribution in [2.24, 2.45) is 0 Å². The van der Waals surface area contributed by atoms with E-state index in [-0.39, 0.29) is 12.2 Å². The molecular weight excluding hydrogens is 259 g/mol. The van der Waals surface area contributed by atoms with Crippen molar-refractivity contribution in [3.63, 3.8) is 0 Å². The Kier molecular flexibility index (Phi) is 6.00. The van der Waals surface area contributed by atoms with E-state index in [2.05, 4.69) is 13.8 Å². The van der Waals surface area contributed by atoms with Gasteiger partial charge in [0.05, 0.1) is 5.75 Å². The van der Waals surface area contributed by atoms with Gasteiger partial charge in [-0.1, -0.05) is 31.5 Å². The molecule has 0 bridgehead atoms. The minimum absolute atomic E-state index is 0.0160. The van der Waals surface area contributed by atoms with Crippen molar-refractivity contribution < 1.29 is 9.18 Å². The third kappa shape index (κ3) is 4.68. The van der Waals surface area contributed by atoms with Crippen molar-refractivity contribution in [1.82, 2.24) is 0 Å². The molecule has 0 saturated heterocycles. The number of hydrogen-bond acceptors (Lipinski definition) is 2. The van der Waals surface area contributed by atoms with Crippen molar-refractivity contribution in [3.05, 3.63) is 34.6 Å². The first kappa shape index (κ1) is 14.5. The van der Waals surface area contributed by atoms with Crippen LogP contribution in [0.15, 0.2) is 18.2 Å². The topological polar surface area (TPSA) is 17.1 Å². The molecule has 17 heavy (non-hydrogen) atoms. The van der Waals surface area contributed by atoms with Crippen LogP contribution in [0.4, 0.5) is 4.39 Å². The van der Waals surface area contributed by atoms with Gasteiger partial charge in [0.2, 0.25) is 0 Å². The van der Waals surface area contributed by atoms with Crippen LogP contribution in [0.25, 0.3) is 0 Å². The van der Waals surface area contributed by atoms with Crippen LogP contribution in [-0.4, -0.2) is 16.8 Å². The second-order valence-electron chi connectivity index (χ2n) is 3.95. The van der Waals surface area contributed by atoms with Gasteiger partial charge in [-0.2, -0.15) is 11.8 Å². The predicted octanol–water partition coefficient (Wildman–Crippen LogP) is 4.12. The van der Waals surface area contributed by atoms with Gasteiger partial charge in [0.25, 0.3) is 0 Å². The van der Waals surface area contributed by atoms with Gasteiger partial charge in [0, 0.05) is 22.3 Å². The Morgan fingerprint density at radius 2 is 2.24 bits per heavy atom. The molecule has 0 aromatic heterocycles. The van der Waals surface area contributed by atoms with Gasteiger partial charge in [-0.15, -0.1) is 0 Å². The minimum Gasteiger partial charge on any atom is -0.298 e. The summed E-state index contributed by atoms with van der Waals surface area (Å²) in [5, 5.41) is 0.780. The summed E-state index contributed by atoms with van der Waals surface area (Å²) >= 11 is 7.46. The Morgan fingerprint density at radius 1 is 1.53 bits per heavy atom. The van der Waals surface area contributed by atoms with E-state index in [1.54, 1.807) is 23.9 Å². The Labute approximate surface area is 111 Å². The molecule has 4 heteroatoms. The normalized spacial score (nSPS) is 12.5. The van der Waals surface area contributed by atoms with Gasteiger partial charge < -0.3 is 0 Å². The summed E-state index contributed by atoms with van der Waals surface area (Å²) in [5.74, 6) is 0.0290. The molecule has 0 spiro atoms. The van der Waals surface area contributed by atoms with Crippen LogP contribution in [0, 0.1) is 5.82 Å². The highest BCUT2D eigenvalue weighted by Crippen LogP contribution is 2.21. The van der Waals surface area contributed by atoms with Gasteiger partial charge in [-0.25, -0.2) is 4.39 Å². The molecule has 0 amide bonds. The molecule has 94 valence electrons. The molecule has 1 nitrogen and oxygen atoms in total. The second kappa shape index (κ2) is 7.02. The molecule has 1 atom stereocenters. The molecule has 0 N–H and O–H groups in total. The average Bonchev–Trinajstić information content (AvgIpc) is 2.31. The fourth-order valence-electron chi connectivity index (χ4n) is 1.30. The maximum absolute atomic E-state index is 13.4. The van der Waals surface area contributed by atoms with E-state index < -0.39 is 5.82 Å². The lowest BCUT2D eigenvalue weighted by Crippen LogP contribution is -2.10. The number of carbonyl (C=O) groups excluding carboxylic acids is 1. The summed E-state index contributed by atoms with van der Waals surface area (Å²) in [6.07, 6.45) is 1.10. The Hall–Kier alpha value is -0.540. The summed E-state index contributed by atoms with van der Waals surface area (Å²) < 4.78 is 13.4. The molecule has 0 radical (unpaired) electrons. The number of rotatable bonds is 6. The zero-order valence-electron chi connectivity index (χ0n) is 10.0. The standard InChI is InChI=1S/C13H16ClFOS/c1-3-9(2)17-8-10(16)7-11-12(14)5-4-6-13(11)15/h4-6,9H,3,7-8H2,1-2H3. The smallest absolute Gasteiger partial charge is 0.147 e. The van der Waals surface area contributed by atoms with E-state index in [4.69, 9.17) is 11.6 Å². The lowest BCUT2D eigenvalue weighted by atomic mass is 10.1. The molecule has 0 aliphatic heterocycles. The number of halogens is 2. The summed E-state index contributed by atoms with van der Waals surface area (Å²) in [5.41, 5.74) is 0.309. The number of thioether (sulfide) groups is 1. The van der Waals surface area contributed by atoms with E-state index >= 15 is 0 Å². The maximum Gasteiger partial charge on any atom is 0.147 e. The first-order valence-electron chi connectivity index (χ1n) is 5.60. The molecule has 1 unspecified atom stereocenters. The Morgan fingerprint density at radius 3 is 2.82 bits per heavy atom. The maximum atomic E-state index is 13.4. The molecule has 1 rings (SSSR count). The molecule has 1 aromatic carbocycles. The van der Waals surface area contributed by atoms with Crippen molar-refractivity contribution in [1.29, 1.82) is 0 Å². The van der Waals surface area contributed by atoms with E-state index in [1.807, 2.05) is 0 Å². The Bertz CT molecular complexity index is 375. The number of benzene rings is 1. The zero-order valence-corrected chi connectivity index (χ0v) is 11.6. The second-order valence-corrected chi connectivity index (χ2v) is 5.78. The summed E-state index contributed by atoms with van der Waals surface area (Å²) in [7, 11) is 0. The van der Waals surface area contributed by atoms with Gasteiger partial charge in [0.15, 0.2) is 0 Å². The van der Waals surface area contributed by atoms with Gasteiger partial charge in [-0.05, 0) is 18.6 Å². The van der Waals surface area contributed by atoms with Crippen molar-refractivity contribution >= 4 is 29.1 Å². The highest BCUT2D eigenvalue weighted by Gasteiger charge is 2.12. The third-order valence-corrected chi connectivity index (χ3v) is 4.28. The first-order valence-corrected chi connectivity index (χ1v) is 7.03. The van der Waals surface area contributed by atoms with E-state index in [0.717, 1.165) is 6.42 Å². The zero-order chi connectivity index (χ0) is 12.8. The van der Waals surface area contributed by atoms with E-state index in [0.29, 0.717) is 21.6 Å². The largest absolute Gasteiger partial charge is 0.298 e. The van der Waals surface area contributed by atoms with Crippen LogP contribution < -0.4 is 0 Å². The van der Waals surface area contributed by atoms with Crippen LogP contribution in [0.1, 0.15) is 25.8 Å². The van der Waals surface area contributed by atoms with Crippen LogP contribution in [0.3, 0.4) is 0 Å². The predicted molar refractivity (Wildman–Crippen MR) is 72.3 cm³/mol. The van der Waals surface area contributed by atoms with Gasteiger partial charge in [0.1, 0.15) is 11.6 Å². The number of carbonyl (C=O) groups is 1. The molecule has 0 saturated carbocycles. The van der Waals surface area contributed by atoms with Crippen LogP contribution in [0.5, 0.6) is 0 Å². The molecule has 0 aliphatic rings. The highest BCUT2D eigenvalue weighted by molar-refractivity contribution is 8.00. The first-order chi connectivity index (χ1) is 8.04. The summed E-state index contributed by atoms with van der Waals surface area (Å²) in [4.78, 5) is 11.7. The molecule has 1 aromatic rings. The molecule has 0 fully saturated rings. The monoisotopic (exact) mass is 274 g/mol. The number of hydrogen-bond donors (Lipinski definition) is 0. The Balaban J connectivity index is 2.56. The number of Topliss-reactive ketones (excluding diaryl/α,β-unsaturated/α-hetero) is 1. The molecule has 0 aliphatic carbocycles.